The number of hydrogen-bond acceptors (Lipinski definition) is 3. The van der Waals surface area contributed by atoms with Gasteiger partial charge in [0.25, 0.3) is 0 Å². The van der Waals surface area contributed by atoms with Crippen molar-refractivity contribution >= 4 is 11.4 Å². The molecule has 2 aromatic rings. The minimum Gasteiger partial charge on any atom is -0.497 e. The number of allylic oxidation sites excluding steroid dienone is 2. The highest BCUT2D eigenvalue weighted by Crippen LogP contribution is 2.24. The van der Waals surface area contributed by atoms with Crippen LogP contribution in [0.2, 0.25) is 0 Å². The van der Waals surface area contributed by atoms with Crippen molar-refractivity contribution in [1.29, 1.82) is 0 Å². The standard InChI is InChI=1S/C19H18O3/c1-3-7-17(14-10-12-16(22-2)13-11-14)19(21)18(20)15-8-5-4-6-9-15/h3-13,19,21H,1H2,2H3/b17-7+. The predicted molar refractivity (Wildman–Crippen MR) is 87.9 cm³/mol. The fraction of sp³-hybridized carbons (Fsp3) is 0.105. The van der Waals surface area contributed by atoms with Crippen molar-refractivity contribution < 1.29 is 14.6 Å². The largest absolute Gasteiger partial charge is 0.497 e. The van der Waals surface area contributed by atoms with E-state index in [1.54, 1.807) is 67.8 Å². The average Bonchev–Trinajstić information content (AvgIpc) is 2.59. The van der Waals surface area contributed by atoms with Crippen molar-refractivity contribution in [1.82, 2.24) is 0 Å². The summed E-state index contributed by atoms with van der Waals surface area (Å²) in [5.74, 6) is 0.370. The number of ether oxygens (including phenoxy) is 1. The molecule has 0 spiro atoms. The third kappa shape index (κ3) is 3.51. The molecule has 2 aromatic carbocycles. The Labute approximate surface area is 130 Å². The van der Waals surface area contributed by atoms with Gasteiger partial charge in [-0.2, -0.15) is 0 Å². The SMILES string of the molecule is C=C/C=C(\c1ccc(OC)cc1)C(O)C(=O)c1ccccc1. The van der Waals surface area contributed by atoms with Crippen LogP contribution in [0.25, 0.3) is 5.57 Å². The first-order valence-corrected chi connectivity index (χ1v) is 6.91. The van der Waals surface area contributed by atoms with E-state index >= 15 is 0 Å². The number of carbonyl (C=O) groups excluding carboxylic acids is 1. The third-order valence-corrected chi connectivity index (χ3v) is 3.32. The summed E-state index contributed by atoms with van der Waals surface area (Å²) in [5, 5.41) is 10.4. The normalized spacial score (nSPS) is 12.5. The minimum atomic E-state index is -1.24. The zero-order valence-electron chi connectivity index (χ0n) is 12.4. The lowest BCUT2D eigenvalue weighted by Crippen LogP contribution is -2.22. The highest BCUT2D eigenvalue weighted by Gasteiger charge is 2.22. The van der Waals surface area contributed by atoms with Crippen LogP contribution in [-0.4, -0.2) is 24.1 Å². The first kappa shape index (κ1) is 15.7. The van der Waals surface area contributed by atoms with Gasteiger partial charge in [-0.3, -0.25) is 4.79 Å². The molecule has 1 N–H and O–H groups in total. The summed E-state index contributed by atoms with van der Waals surface area (Å²) in [6, 6.07) is 15.9. The Morgan fingerprint density at radius 2 is 1.73 bits per heavy atom. The zero-order chi connectivity index (χ0) is 15.9. The Morgan fingerprint density at radius 1 is 1.09 bits per heavy atom. The van der Waals surface area contributed by atoms with Crippen LogP contribution in [0, 0.1) is 0 Å². The first-order chi connectivity index (χ1) is 10.7. The van der Waals surface area contributed by atoms with E-state index in [4.69, 9.17) is 4.74 Å². The Morgan fingerprint density at radius 3 is 2.27 bits per heavy atom. The summed E-state index contributed by atoms with van der Waals surface area (Å²) in [6.07, 6.45) is 1.96. The van der Waals surface area contributed by atoms with Crippen molar-refractivity contribution in [2.75, 3.05) is 7.11 Å². The summed E-state index contributed by atoms with van der Waals surface area (Å²) in [7, 11) is 1.59. The number of Topliss-reactive ketones (excluding diaryl/α,β-unsaturated/α-hetero) is 1. The molecule has 0 aliphatic rings. The lowest BCUT2D eigenvalue weighted by molar-refractivity contribution is 0.0833. The summed E-state index contributed by atoms with van der Waals surface area (Å²) in [6.45, 7) is 3.65. The van der Waals surface area contributed by atoms with E-state index in [-0.39, 0.29) is 5.78 Å². The van der Waals surface area contributed by atoms with E-state index in [0.717, 1.165) is 5.56 Å². The first-order valence-electron chi connectivity index (χ1n) is 6.91. The molecule has 0 saturated heterocycles. The molecule has 0 aliphatic carbocycles. The number of carbonyl (C=O) groups is 1. The predicted octanol–water partition coefficient (Wildman–Crippen LogP) is 3.51. The summed E-state index contributed by atoms with van der Waals surface area (Å²) >= 11 is 0. The van der Waals surface area contributed by atoms with Gasteiger partial charge in [0.1, 0.15) is 11.9 Å². The molecule has 3 nitrogen and oxygen atoms in total. The number of aliphatic hydroxyl groups is 1. The number of ketones is 1. The number of aliphatic hydroxyl groups excluding tert-OH is 1. The van der Waals surface area contributed by atoms with E-state index in [9.17, 15) is 9.90 Å². The molecule has 0 amide bonds. The second kappa shape index (κ2) is 7.38. The minimum absolute atomic E-state index is 0.343. The Hall–Kier alpha value is -2.65. The average molecular weight is 294 g/mol. The molecule has 2 rings (SSSR count). The molecule has 22 heavy (non-hydrogen) atoms. The van der Waals surface area contributed by atoms with Crippen LogP contribution in [0.3, 0.4) is 0 Å². The fourth-order valence-electron chi connectivity index (χ4n) is 2.16. The van der Waals surface area contributed by atoms with Crippen LogP contribution in [0.4, 0.5) is 0 Å². The lowest BCUT2D eigenvalue weighted by Gasteiger charge is -2.15. The van der Waals surface area contributed by atoms with Gasteiger partial charge in [0.15, 0.2) is 5.78 Å². The molecule has 0 aliphatic heterocycles. The van der Waals surface area contributed by atoms with E-state index in [1.165, 1.54) is 0 Å². The van der Waals surface area contributed by atoms with Crippen molar-refractivity contribution in [2.45, 2.75) is 6.10 Å². The molecule has 1 atom stereocenters. The van der Waals surface area contributed by atoms with Crippen molar-refractivity contribution in [3.63, 3.8) is 0 Å². The molecular formula is C19H18O3. The van der Waals surface area contributed by atoms with Gasteiger partial charge in [-0.05, 0) is 23.3 Å². The molecular weight excluding hydrogens is 276 g/mol. The highest BCUT2D eigenvalue weighted by molar-refractivity contribution is 6.06. The van der Waals surface area contributed by atoms with E-state index in [2.05, 4.69) is 6.58 Å². The molecule has 1 unspecified atom stereocenters. The highest BCUT2D eigenvalue weighted by atomic mass is 16.5. The molecule has 0 bridgehead atoms. The smallest absolute Gasteiger partial charge is 0.195 e. The maximum absolute atomic E-state index is 12.4. The van der Waals surface area contributed by atoms with Crippen LogP contribution in [0.5, 0.6) is 5.75 Å². The summed E-state index contributed by atoms with van der Waals surface area (Å²) < 4.78 is 5.12. The molecule has 0 aromatic heterocycles. The van der Waals surface area contributed by atoms with Gasteiger partial charge in [0, 0.05) is 5.56 Å². The molecule has 0 radical (unpaired) electrons. The van der Waals surface area contributed by atoms with Gasteiger partial charge >= 0.3 is 0 Å². The second-order valence-electron chi connectivity index (χ2n) is 4.72. The van der Waals surface area contributed by atoms with Crippen LogP contribution in [-0.2, 0) is 0 Å². The van der Waals surface area contributed by atoms with Crippen molar-refractivity contribution in [2.24, 2.45) is 0 Å². The Balaban J connectivity index is 2.33. The Bertz CT molecular complexity index is 670. The maximum Gasteiger partial charge on any atom is 0.195 e. The molecule has 0 heterocycles. The number of benzene rings is 2. The number of methoxy groups -OCH3 is 1. The van der Waals surface area contributed by atoms with Gasteiger partial charge in [0.2, 0.25) is 0 Å². The van der Waals surface area contributed by atoms with Crippen molar-refractivity contribution in [3.05, 3.63) is 84.5 Å². The summed E-state index contributed by atoms with van der Waals surface area (Å²) in [4.78, 5) is 12.4. The van der Waals surface area contributed by atoms with Crippen LogP contribution >= 0.6 is 0 Å². The zero-order valence-corrected chi connectivity index (χ0v) is 12.4. The molecule has 112 valence electrons. The van der Waals surface area contributed by atoms with Gasteiger partial charge in [-0.25, -0.2) is 0 Å². The monoisotopic (exact) mass is 294 g/mol. The van der Waals surface area contributed by atoms with Crippen LogP contribution in [0.1, 0.15) is 15.9 Å². The third-order valence-electron chi connectivity index (χ3n) is 3.32. The molecule has 0 saturated carbocycles. The van der Waals surface area contributed by atoms with Gasteiger partial charge in [0.05, 0.1) is 7.11 Å². The van der Waals surface area contributed by atoms with E-state index < -0.39 is 6.10 Å². The van der Waals surface area contributed by atoms with Crippen LogP contribution in [0.15, 0.2) is 73.3 Å². The summed E-state index contributed by atoms with van der Waals surface area (Å²) in [5.41, 5.74) is 1.72. The fourth-order valence-corrected chi connectivity index (χ4v) is 2.16. The van der Waals surface area contributed by atoms with E-state index in [1.807, 2.05) is 6.07 Å². The second-order valence-corrected chi connectivity index (χ2v) is 4.72. The quantitative estimate of drug-likeness (QED) is 0.655. The van der Waals surface area contributed by atoms with Gasteiger partial charge < -0.3 is 9.84 Å². The van der Waals surface area contributed by atoms with E-state index in [0.29, 0.717) is 16.9 Å². The van der Waals surface area contributed by atoms with Crippen LogP contribution < -0.4 is 4.74 Å². The van der Waals surface area contributed by atoms with Gasteiger partial charge in [-0.1, -0.05) is 61.2 Å². The molecule has 0 fully saturated rings. The topological polar surface area (TPSA) is 46.5 Å². The number of hydrogen-bond donors (Lipinski definition) is 1. The number of rotatable bonds is 6. The lowest BCUT2D eigenvalue weighted by atomic mass is 9.94. The Kier molecular flexibility index (Phi) is 5.28. The maximum atomic E-state index is 12.4. The van der Waals surface area contributed by atoms with Gasteiger partial charge in [-0.15, -0.1) is 0 Å². The molecule has 3 heteroatoms. The van der Waals surface area contributed by atoms with Crippen molar-refractivity contribution in [3.8, 4) is 5.75 Å².